The third-order valence-corrected chi connectivity index (χ3v) is 1.37. The number of rotatable bonds is 6. The molecule has 0 aliphatic rings. The van der Waals surface area contributed by atoms with Gasteiger partial charge < -0.3 is 10.4 Å². The van der Waals surface area contributed by atoms with E-state index in [2.05, 4.69) is 17.9 Å². The van der Waals surface area contributed by atoms with Gasteiger partial charge in [-0.05, 0) is 25.1 Å². The highest BCUT2D eigenvalue weighted by atomic mass is 32.1. The van der Waals surface area contributed by atoms with Crippen molar-refractivity contribution in [1.82, 2.24) is 5.32 Å². The number of hydrogen-bond acceptors (Lipinski definition) is 3. The number of nitrogens with one attached hydrogen (secondary N) is 1. The molecule has 0 bridgehead atoms. The lowest BCUT2D eigenvalue weighted by molar-refractivity contribution is 0.292. The number of unbranched alkanes of at least 4 members (excludes halogenated alkanes) is 1. The number of aliphatic hydroxyl groups is 1. The summed E-state index contributed by atoms with van der Waals surface area (Å²) in [6.07, 6.45) is 2.31. The van der Waals surface area contributed by atoms with Crippen LogP contribution in [0.25, 0.3) is 0 Å². The van der Waals surface area contributed by atoms with Gasteiger partial charge in [0.1, 0.15) is 0 Å². The van der Waals surface area contributed by atoms with E-state index in [1.165, 1.54) is 0 Å². The maximum Gasteiger partial charge on any atom is 0.0555 e. The molecule has 0 aromatic carbocycles. The molecule has 9 heavy (non-hydrogen) atoms. The summed E-state index contributed by atoms with van der Waals surface area (Å²) >= 11 is 4.07. The highest BCUT2D eigenvalue weighted by Crippen LogP contribution is 1.87. The maximum atomic E-state index is 8.35. The van der Waals surface area contributed by atoms with Crippen LogP contribution in [0.2, 0.25) is 0 Å². The van der Waals surface area contributed by atoms with E-state index in [0.29, 0.717) is 6.54 Å². The summed E-state index contributed by atoms with van der Waals surface area (Å²) in [7, 11) is 0. The molecule has 3 heteroatoms. The van der Waals surface area contributed by atoms with Crippen molar-refractivity contribution in [2.75, 3.05) is 25.4 Å². The van der Waals surface area contributed by atoms with Gasteiger partial charge in [-0.2, -0.15) is 12.6 Å². The minimum atomic E-state index is 0.237. The Balaban J connectivity index is 2.60. The van der Waals surface area contributed by atoms with Crippen molar-refractivity contribution < 1.29 is 5.11 Å². The lowest BCUT2D eigenvalue weighted by atomic mass is 10.3. The van der Waals surface area contributed by atoms with Crippen LogP contribution in [0.4, 0.5) is 0 Å². The van der Waals surface area contributed by atoms with Gasteiger partial charge in [0.25, 0.3) is 0 Å². The van der Waals surface area contributed by atoms with E-state index in [4.69, 9.17) is 5.11 Å². The quantitative estimate of drug-likeness (QED) is 0.374. The zero-order valence-electron chi connectivity index (χ0n) is 5.64. The van der Waals surface area contributed by atoms with Gasteiger partial charge in [0.2, 0.25) is 0 Å². The molecule has 0 amide bonds. The van der Waals surface area contributed by atoms with Crippen LogP contribution in [0.5, 0.6) is 0 Å². The smallest absolute Gasteiger partial charge is 0.0555 e. The molecule has 0 radical (unpaired) electrons. The van der Waals surface area contributed by atoms with E-state index in [-0.39, 0.29) is 6.61 Å². The van der Waals surface area contributed by atoms with Crippen LogP contribution in [-0.4, -0.2) is 30.6 Å². The van der Waals surface area contributed by atoms with Gasteiger partial charge in [0, 0.05) is 6.54 Å². The fourth-order valence-electron chi connectivity index (χ4n) is 0.566. The van der Waals surface area contributed by atoms with Crippen LogP contribution in [0.1, 0.15) is 12.8 Å². The highest BCUT2D eigenvalue weighted by molar-refractivity contribution is 7.80. The van der Waals surface area contributed by atoms with Crippen LogP contribution in [0.3, 0.4) is 0 Å². The van der Waals surface area contributed by atoms with E-state index in [0.717, 1.165) is 25.1 Å². The second kappa shape index (κ2) is 8.27. The number of hydrogen-bond donors (Lipinski definition) is 3. The molecule has 0 spiro atoms. The fourth-order valence-corrected chi connectivity index (χ4v) is 0.789. The highest BCUT2D eigenvalue weighted by Gasteiger charge is 1.84. The van der Waals surface area contributed by atoms with Crippen molar-refractivity contribution >= 4 is 12.6 Å². The first-order chi connectivity index (χ1) is 4.41. The molecule has 0 fully saturated rings. The largest absolute Gasteiger partial charge is 0.395 e. The molecule has 0 unspecified atom stereocenters. The van der Waals surface area contributed by atoms with E-state index in [1.807, 2.05) is 0 Å². The first-order valence-electron chi connectivity index (χ1n) is 3.34. The normalized spacial score (nSPS) is 10.0. The van der Waals surface area contributed by atoms with Crippen LogP contribution in [0.15, 0.2) is 0 Å². The molecule has 0 aromatic rings. The Kier molecular flexibility index (Phi) is 8.52. The minimum absolute atomic E-state index is 0.237. The zero-order valence-corrected chi connectivity index (χ0v) is 6.53. The van der Waals surface area contributed by atoms with Crippen LogP contribution < -0.4 is 5.32 Å². The summed E-state index contributed by atoms with van der Waals surface area (Å²) in [6.45, 7) is 1.95. The van der Waals surface area contributed by atoms with Gasteiger partial charge >= 0.3 is 0 Å². The lowest BCUT2D eigenvalue weighted by Gasteiger charge is -1.99. The lowest BCUT2D eigenvalue weighted by Crippen LogP contribution is -2.19. The van der Waals surface area contributed by atoms with Gasteiger partial charge in [-0.25, -0.2) is 0 Å². The van der Waals surface area contributed by atoms with Crippen molar-refractivity contribution in [3.05, 3.63) is 0 Å². The van der Waals surface area contributed by atoms with Gasteiger partial charge in [-0.15, -0.1) is 0 Å². The van der Waals surface area contributed by atoms with Crippen molar-refractivity contribution in [2.24, 2.45) is 0 Å². The molecule has 0 saturated carbocycles. The van der Waals surface area contributed by atoms with Crippen molar-refractivity contribution in [3.63, 3.8) is 0 Å². The van der Waals surface area contributed by atoms with E-state index < -0.39 is 0 Å². The van der Waals surface area contributed by atoms with Crippen LogP contribution >= 0.6 is 12.6 Å². The molecule has 0 aliphatic carbocycles. The molecule has 2 N–H and O–H groups in total. The molecule has 0 aliphatic heterocycles. The Hall–Kier alpha value is 0.270. The molecule has 0 atom stereocenters. The Morgan fingerprint density at radius 1 is 1.22 bits per heavy atom. The van der Waals surface area contributed by atoms with Crippen molar-refractivity contribution in [3.8, 4) is 0 Å². The Bertz CT molecular complexity index is 46.3. The molecule has 56 valence electrons. The monoisotopic (exact) mass is 149 g/mol. The average molecular weight is 149 g/mol. The van der Waals surface area contributed by atoms with Gasteiger partial charge in [0.05, 0.1) is 6.61 Å². The maximum absolute atomic E-state index is 8.35. The summed E-state index contributed by atoms with van der Waals surface area (Å²) in [5, 5.41) is 11.4. The van der Waals surface area contributed by atoms with Crippen LogP contribution in [0, 0.1) is 0 Å². The van der Waals surface area contributed by atoms with Gasteiger partial charge in [0.15, 0.2) is 0 Å². The Morgan fingerprint density at radius 3 is 2.56 bits per heavy atom. The molecule has 0 heterocycles. The number of thiol groups is 1. The van der Waals surface area contributed by atoms with Crippen molar-refractivity contribution in [1.29, 1.82) is 0 Å². The minimum Gasteiger partial charge on any atom is -0.395 e. The van der Waals surface area contributed by atoms with E-state index in [9.17, 15) is 0 Å². The summed E-state index contributed by atoms with van der Waals surface area (Å²) in [4.78, 5) is 0. The van der Waals surface area contributed by atoms with Crippen molar-refractivity contribution in [2.45, 2.75) is 12.8 Å². The predicted octanol–water partition coefficient (Wildman–Crippen LogP) is 0.278. The number of aliphatic hydroxyl groups excluding tert-OH is 1. The third-order valence-electron chi connectivity index (χ3n) is 1.05. The van der Waals surface area contributed by atoms with E-state index in [1.54, 1.807) is 0 Å². The SMILES string of the molecule is OCCNCCCCS. The topological polar surface area (TPSA) is 32.3 Å². The molecular weight excluding hydrogens is 134 g/mol. The molecule has 0 rings (SSSR count). The zero-order chi connectivity index (χ0) is 6.95. The Morgan fingerprint density at radius 2 is 2.00 bits per heavy atom. The molecule has 0 aromatic heterocycles. The first-order valence-corrected chi connectivity index (χ1v) is 3.97. The summed E-state index contributed by atoms with van der Waals surface area (Å²) in [5.41, 5.74) is 0. The summed E-state index contributed by atoms with van der Waals surface area (Å²) in [5.74, 6) is 0.959. The first kappa shape index (κ1) is 9.27. The predicted molar refractivity (Wildman–Crippen MR) is 43.0 cm³/mol. The molecule has 2 nitrogen and oxygen atoms in total. The molecular formula is C6H15NOS. The summed E-state index contributed by atoms with van der Waals surface area (Å²) in [6, 6.07) is 0. The average Bonchev–Trinajstić information content (AvgIpc) is 1.89. The molecule has 0 saturated heterocycles. The summed E-state index contributed by atoms with van der Waals surface area (Å²) < 4.78 is 0. The van der Waals surface area contributed by atoms with Gasteiger partial charge in [-0.1, -0.05) is 0 Å². The second-order valence-corrected chi connectivity index (χ2v) is 2.35. The standard InChI is InChI=1S/C6H15NOS/c8-5-4-7-3-1-2-6-9/h7-9H,1-6H2. The fraction of sp³-hybridized carbons (Fsp3) is 1.00. The third kappa shape index (κ3) is 8.27. The van der Waals surface area contributed by atoms with Gasteiger partial charge in [-0.3, -0.25) is 0 Å². The second-order valence-electron chi connectivity index (χ2n) is 1.90. The van der Waals surface area contributed by atoms with Crippen LogP contribution in [-0.2, 0) is 0 Å². The Labute approximate surface area is 62.1 Å². The van der Waals surface area contributed by atoms with E-state index >= 15 is 0 Å².